The molecule has 1 amide bonds. The van der Waals surface area contributed by atoms with Gasteiger partial charge in [0.05, 0.1) is 10.0 Å². The van der Waals surface area contributed by atoms with Crippen LogP contribution in [0, 0.1) is 13.8 Å². The molecule has 0 aliphatic rings. The first-order chi connectivity index (χ1) is 9.90. The second-order valence-electron chi connectivity index (χ2n) is 5.09. The van der Waals surface area contributed by atoms with E-state index in [1.165, 1.54) is 17.0 Å². The van der Waals surface area contributed by atoms with E-state index in [-0.39, 0.29) is 5.91 Å². The Morgan fingerprint density at radius 1 is 1.19 bits per heavy atom. The summed E-state index contributed by atoms with van der Waals surface area (Å²) >= 11 is 11.8. The zero-order chi connectivity index (χ0) is 15.6. The molecule has 0 aliphatic carbocycles. The molecule has 0 saturated carbocycles. The fourth-order valence-electron chi connectivity index (χ4n) is 2.24. The predicted molar refractivity (Wildman–Crippen MR) is 87.4 cm³/mol. The molecule has 0 bridgehead atoms. The van der Waals surface area contributed by atoms with Crippen molar-refractivity contribution in [1.29, 1.82) is 0 Å². The Hall–Kier alpha value is -1.45. The molecule has 1 aromatic carbocycles. The van der Waals surface area contributed by atoms with Gasteiger partial charge in [0.25, 0.3) is 5.91 Å². The second kappa shape index (κ2) is 6.54. The molecule has 1 N–H and O–H groups in total. The largest absolute Gasteiger partial charge is 0.352 e. The van der Waals surface area contributed by atoms with Gasteiger partial charge in [-0.15, -0.1) is 0 Å². The number of hydrogen-bond acceptors (Lipinski definition) is 1. The first-order valence-corrected chi connectivity index (χ1v) is 7.50. The summed E-state index contributed by atoms with van der Waals surface area (Å²) < 4.78 is 2.15. The Morgan fingerprint density at radius 3 is 2.48 bits per heavy atom. The maximum absolute atomic E-state index is 12.0. The number of carbonyl (C=O) groups excluding carboxylic acids is 1. The molecule has 0 saturated heterocycles. The Balaban J connectivity index is 1.95. The van der Waals surface area contributed by atoms with Crippen LogP contribution in [0.25, 0.3) is 0 Å². The highest BCUT2D eigenvalue weighted by atomic mass is 35.5. The zero-order valence-corrected chi connectivity index (χ0v) is 13.8. The van der Waals surface area contributed by atoms with Crippen LogP contribution in [0.5, 0.6) is 0 Å². The van der Waals surface area contributed by atoms with Gasteiger partial charge in [-0.3, -0.25) is 4.79 Å². The number of halogens is 2. The minimum absolute atomic E-state index is 0.140. The molecule has 112 valence electrons. The summed E-state index contributed by atoms with van der Waals surface area (Å²) in [6, 6.07) is 7.03. The monoisotopic (exact) mass is 324 g/mol. The summed E-state index contributed by atoms with van der Waals surface area (Å²) in [6.07, 6.45) is 0.806. The molecule has 3 nitrogen and oxygen atoms in total. The fourth-order valence-corrected chi connectivity index (χ4v) is 2.53. The number of nitrogens with zero attached hydrogens (tertiary/aromatic N) is 1. The molecule has 0 spiro atoms. The Labute approximate surface area is 134 Å². The third-order valence-corrected chi connectivity index (χ3v) is 4.48. The topological polar surface area (TPSA) is 34.0 Å². The van der Waals surface area contributed by atoms with E-state index in [4.69, 9.17) is 23.2 Å². The summed E-state index contributed by atoms with van der Waals surface area (Å²) in [5, 5.41) is 3.74. The number of hydrogen-bond donors (Lipinski definition) is 1. The molecular weight excluding hydrogens is 307 g/mol. The summed E-state index contributed by atoms with van der Waals surface area (Å²) in [5.74, 6) is -0.140. The first kappa shape index (κ1) is 15.9. The van der Waals surface area contributed by atoms with Crippen molar-refractivity contribution < 1.29 is 4.79 Å². The molecule has 0 aliphatic heterocycles. The molecule has 2 rings (SSSR count). The van der Waals surface area contributed by atoms with Crippen molar-refractivity contribution in [3.8, 4) is 0 Å². The zero-order valence-electron chi connectivity index (χ0n) is 12.3. The highest BCUT2D eigenvalue weighted by molar-refractivity contribution is 6.42. The third-order valence-electron chi connectivity index (χ3n) is 3.74. The highest BCUT2D eigenvalue weighted by Gasteiger charge is 2.09. The van der Waals surface area contributed by atoms with Crippen LogP contribution in [0.3, 0.4) is 0 Å². The van der Waals surface area contributed by atoms with Gasteiger partial charge in [-0.25, -0.2) is 0 Å². The molecule has 21 heavy (non-hydrogen) atoms. The minimum Gasteiger partial charge on any atom is -0.352 e. The van der Waals surface area contributed by atoms with E-state index < -0.39 is 0 Å². The van der Waals surface area contributed by atoms with Crippen molar-refractivity contribution in [2.24, 2.45) is 7.05 Å². The van der Waals surface area contributed by atoms with Gasteiger partial charge in [0.2, 0.25) is 0 Å². The molecule has 0 fully saturated rings. The molecule has 0 unspecified atom stereocenters. The Morgan fingerprint density at radius 2 is 1.90 bits per heavy atom. The van der Waals surface area contributed by atoms with E-state index in [2.05, 4.69) is 29.8 Å². The molecule has 5 heteroatoms. The van der Waals surface area contributed by atoms with Gasteiger partial charge in [0, 0.05) is 30.5 Å². The van der Waals surface area contributed by atoms with Crippen LogP contribution in [-0.4, -0.2) is 17.0 Å². The molecule has 1 aromatic heterocycles. The molecule has 2 aromatic rings. The summed E-state index contributed by atoms with van der Waals surface area (Å²) in [4.78, 5) is 12.0. The maximum atomic E-state index is 12.0. The average molecular weight is 325 g/mol. The van der Waals surface area contributed by atoms with E-state index in [0.717, 1.165) is 6.42 Å². The predicted octanol–water partition coefficient (Wildman–Crippen LogP) is 3.92. The Bertz CT molecular complexity index is 677. The van der Waals surface area contributed by atoms with Gasteiger partial charge < -0.3 is 9.88 Å². The lowest BCUT2D eigenvalue weighted by Crippen LogP contribution is -2.25. The van der Waals surface area contributed by atoms with Gasteiger partial charge in [-0.1, -0.05) is 23.2 Å². The van der Waals surface area contributed by atoms with E-state index in [1.54, 1.807) is 18.2 Å². The van der Waals surface area contributed by atoms with Crippen molar-refractivity contribution in [3.05, 3.63) is 56.8 Å². The minimum atomic E-state index is -0.140. The smallest absolute Gasteiger partial charge is 0.251 e. The normalized spacial score (nSPS) is 10.7. The third kappa shape index (κ3) is 3.60. The fraction of sp³-hybridized carbons (Fsp3) is 0.312. The first-order valence-electron chi connectivity index (χ1n) is 6.75. The van der Waals surface area contributed by atoms with Crippen molar-refractivity contribution >= 4 is 29.1 Å². The van der Waals surface area contributed by atoms with Crippen molar-refractivity contribution in [1.82, 2.24) is 9.88 Å². The number of carbonyl (C=O) groups is 1. The van der Waals surface area contributed by atoms with Crippen LogP contribution < -0.4 is 5.32 Å². The average Bonchev–Trinajstić information content (AvgIpc) is 2.69. The lowest BCUT2D eigenvalue weighted by Gasteiger charge is -2.07. The standard InChI is InChI=1S/C16H18Cl2N2O/c1-10-8-12(11(2)20(10)3)6-7-19-16(21)13-4-5-14(17)15(18)9-13/h4-5,8-9H,6-7H2,1-3H3,(H,19,21). The summed E-state index contributed by atoms with van der Waals surface area (Å²) in [5.41, 5.74) is 4.23. The summed E-state index contributed by atoms with van der Waals surface area (Å²) in [6.45, 7) is 4.75. The number of aromatic nitrogens is 1. The molecule has 0 atom stereocenters. The van der Waals surface area contributed by atoms with Gasteiger partial charge in [-0.05, 0) is 50.1 Å². The number of aryl methyl sites for hydroxylation is 1. The Kier molecular flexibility index (Phi) is 4.96. The van der Waals surface area contributed by atoms with Crippen LogP contribution in [0.2, 0.25) is 10.0 Å². The SMILES string of the molecule is Cc1cc(CCNC(=O)c2ccc(Cl)c(Cl)c2)c(C)n1C. The number of benzene rings is 1. The van der Waals surface area contributed by atoms with Crippen LogP contribution in [0.4, 0.5) is 0 Å². The lowest BCUT2D eigenvalue weighted by atomic mass is 10.1. The van der Waals surface area contributed by atoms with Gasteiger partial charge in [0.15, 0.2) is 0 Å². The molecular formula is C16H18Cl2N2O. The van der Waals surface area contributed by atoms with Crippen LogP contribution in [0.1, 0.15) is 27.3 Å². The second-order valence-corrected chi connectivity index (χ2v) is 5.90. The van der Waals surface area contributed by atoms with Gasteiger partial charge >= 0.3 is 0 Å². The van der Waals surface area contributed by atoms with Crippen molar-refractivity contribution in [2.45, 2.75) is 20.3 Å². The number of rotatable bonds is 4. The van der Waals surface area contributed by atoms with E-state index in [0.29, 0.717) is 22.2 Å². The van der Waals surface area contributed by atoms with Crippen LogP contribution in [0.15, 0.2) is 24.3 Å². The maximum Gasteiger partial charge on any atom is 0.251 e. The van der Waals surface area contributed by atoms with E-state index in [1.807, 2.05) is 7.05 Å². The van der Waals surface area contributed by atoms with E-state index >= 15 is 0 Å². The van der Waals surface area contributed by atoms with Crippen molar-refractivity contribution in [2.75, 3.05) is 6.54 Å². The van der Waals surface area contributed by atoms with Crippen LogP contribution >= 0.6 is 23.2 Å². The quantitative estimate of drug-likeness (QED) is 0.908. The van der Waals surface area contributed by atoms with Crippen LogP contribution in [-0.2, 0) is 13.5 Å². The number of amides is 1. The molecule has 1 heterocycles. The number of nitrogens with one attached hydrogen (secondary N) is 1. The van der Waals surface area contributed by atoms with Gasteiger partial charge in [0.1, 0.15) is 0 Å². The molecule has 0 radical (unpaired) electrons. The van der Waals surface area contributed by atoms with Gasteiger partial charge in [-0.2, -0.15) is 0 Å². The van der Waals surface area contributed by atoms with E-state index in [9.17, 15) is 4.79 Å². The lowest BCUT2D eigenvalue weighted by molar-refractivity contribution is 0.0954. The highest BCUT2D eigenvalue weighted by Crippen LogP contribution is 2.22. The summed E-state index contributed by atoms with van der Waals surface area (Å²) in [7, 11) is 2.04. The van der Waals surface area contributed by atoms with Crippen molar-refractivity contribution in [3.63, 3.8) is 0 Å².